The average Bonchev–Trinajstić information content (AvgIpc) is 2.54. The molecule has 2 N–H and O–H groups in total. The summed E-state index contributed by atoms with van der Waals surface area (Å²) in [6.07, 6.45) is 2.59. The number of hydrogen-bond acceptors (Lipinski definition) is 3. The van der Waals surface area contributed by atoms with Crippen molar-refractivity contribution in [2.45, 2.75) is 25.3 Å². The molecule has 1 amide bonds. The van der Waals surface area contributed by atoms with Crippen LogP contribution in [0.1, 0.15) is 17.5 Å². The van der Waals surface area contributed by atoms with E-state index < -0.39 is 6.09 Å². The van der Waals surface area contributed by atoms with Crippen LogP contribution in [0.5, 0.6) is 0 Å². The van der Waals surface area contributed by atoms with Gasteiger partial charge in [0.1, 0.15) is 0 Å². The van der Waals surface area contributed by atoms with E-state index in [4.69, 9.17) is 5.11 Å². The van der Waals surface area contributed by atoms with Crippen LogP contribution in [0, 0.1) is 0 Å². The molecule has 1 saturated heterocycles. The normalized spacial score (nSPS) is 21.0. The van der Waals surface area contributed by atoms with Crippen molar-refractivity contribution in [3.05, 3.63) is 29.3 Å². The molecule has 1 fully saturated rings. The second kappa shape index (κ2) is 7.45. The third kappa shape index (κ3) is 3.45. The Kier molecular flexibility index (Phi) is 5.85. The minimum atomic E-state index is -0.806. The maximum Gasteiger partial charge on any atom is 0.407 e. The van der Waals surface area contributed by atoms with Crippen molar-refractivity contribution in [2.75, 3.05) is 38.1 Å². The summed E-state index contributed by atoms with van der Waals surface area (Å²) in [5.74, 6) is 0. The minimum absolute atomic E-state index is 0. The molecule has 1 atom stereocenters. The third-order valence-electron chi connectivity index (χ3n) is 4.76. The molecule has 1 unspecified atom stereocenters. The first kappa shape index (κ1) is 17.3. The number of piperazine rings is 1. The number of nitrogens with zero attached hydrogens (tertiary/aromatic N) is 2. The summed E-state index contributed by atoms with van der Waals surface area (Å²) in [5, 5.41) is 12.4. The van der Waals surface area contributed by atoms with Crippen molar-refractivity contribution < 1.29 is 30.3 Å². The molecule has 1 aliphatic heterocycles. The first-order chi connectivity index (χ1) is 10.2. The van der Waals surface area contributed by atoms with E-state index in [1.807, 2.05) is 7.05 Å². The smallest absolute Gasteiger partial charge is 0.407 e. The number of aryl methyl sites for hydroxylation is 1. The molecule has 0 aromatic heterocycles. The number of hydrogen-bond donors (Lipinski definition) is 2. The van der Waals surface area contributed by atoms with Crippen LogP contribution >= 0.6 is 0 Å². The van der Waals surface area contributed by atoms with E-state index in [1.165, 1.54) is 28.1 Å². The van der Waals surface area contributed by atoms with Crippen LogP contribution in [-0.2, 0) is 33.3 Å². The minimum Gasteiger partial charge on any atom is -0.465 e. The standard InChI is InChI=1S/C16H23N3O2.Re/c1-17-13-6-5-12-3-2-4-15(14(12)11-13)18-7-9-19(10-8-18)16(20)21;/h2-4,13,17H,5-11H2,1H3,(H,20,21);. The van der Waals surface area contributed by atoms with Gasteiger partial charge in [0.05, 0.1) is 0 Å². The monoisotopic (exact) mass is 476 g/mol. The van der Waals surface area contributed by atoms with Crippen LogP contribution < -0.4 is 10.2 Å². The molecule has 1 heterocycles. The molecule has 2 aliphatic rings. The van der Waals surface area contributed by atoms with Gasteiger partial charge in [-0.2, -0.15) is 0 Å². The topological polar surface area (TPSA) is 55.8 Å². The molecule has 3 rings (SSSR count). The fourth-order valence-electron chi connectivity index (χ4n) is 3.45. The van der Waals surface area contributed by atoms with Gasteiger partial charge in [-0.3, -0.25) is 0 Å². The maximum absolute atomic E-state index is 11.0. The molecule has 0 spiro atoms. The zero-order chi connectivity index (χ0) is 14.8. The second-order valence-corrected chi connectivity index (χ2v) is 5.90. The number of fused-ring (bicyclic) bond motifs is 1. The van der Waals surface area contributed by atoms with Gasteiger partial charge >= 0.3 is 6.09 Å². The van der Waals surface area contributed by atoms with Gasteiger partial charge in [-0.25, -0.2) is 4.79 Å². The fourth-order valence-corrected chi connectivity index (χ4v) is 3.45. The van der Waals surface area contributed by atoms with E-state index in [-0.39, 0.29) is 20.4 Å². The Morgan fingerprint density at radius 2 is 2.00 bits per heavy atom. The summed E-state index contributed by atoms with van der Waals surface area (Å²) < 4.78 is 0. The molecular formula is C16H23N3O2Re. The predicted octanol–water partition coefficient (Wildman–Crippen LogP) is 1.56. The van der Waals surface area contributed by atoms with Gasteiger partial charge in [0.2, 0.25) is 0 Å². The molecule has 0 saturated carbocycles. The van der Waals surface area contributed by atoms with Gasteiger partial charge in [0.25, 0.3) is 0 Å². The van der Waals surface area contributed by atoms with E-state index in [0.717, 1.165) is 25.9 Å². The molecule has 1 aromatic carbocycles. The van der Waals surface area contributed by atoms with Crippen molar-refractivity contribution in [2.24, 2.45) is 0 Å². The summed E-state index contributed by atoms with van der Waals surface area (Å²) in [6, 6.07) is 7.11. The Bertz CT molecular complexity index is 530. The van der Waals surface area contributed by atoms with Crippen LogP contribution in [0.2, 0.25) is 0 Å². The van der Waals surface area contributed by atoms with Crippen LogP contribution in [-0.4, -0.2) is 55.4 Å². The molecule has 1 radical (unpaired) electrons. The summed E-state index contributed by atoms with van der Waals surface area (Å²) in [4.78, 5) is 14.9. The zero-order valence-electron chi connectivity index (χ0n) is 12.9. The molecule has 1 aliphatic carbocycles. The van der Waals surface area contributed by atoms with Crippen LogP contribution in [0.25, 0.3) is 0 Å². The number of anilines is 1. The molecule has 22 heavy (non-hydrogen) atoms. The van der Waals surface area contributed by atoms with E-state index in [0.29, 0.717) is 19.1 Å². The summed E-state index contributed by atoms with van der Waals surface area (Å²) >= 11 is 0. The average molecular weight is 476 g/mol. The number of carbonyl (C=O) groups is 1. The van der Waals surface area contributed by atoms with Crippen molar-refractivity contribution in [3.8, 4) is 0 Å². The maximum atomic E-state index is 11.0. The third-order valence-corrected chi connectivity index (χ3v) is 4.76. The van der Waals surface area contributed by atoms with Crippen LogP contribution in [0.4, 0.5) is 10.5 Å². The van der Waals surface area contributed by atoms with Crippen molar-refractivity contribution >= 4 is 11.8 Å². The van der Waals surface area contributed by atoms with E-state index in [2.05, 4.69) is 28.4 Å². The number of nitrogens with one attached hydrogen (secondary N) is 1. The Morgan fingerprint density at radius 3 is 2.64 bits per heavy atom. The second-order valence-electron chi connectivity index (χ2n) is 5.90. The van der Waals surface area contributed by atoms with Crippen molar-refractivity contribution in [1.29, 1.82) is 0 Å². The van der Waals surface area contributed by atoms with Crippen molar-refractivity contribution in [3.63, 3.8) is 0 Å². The van der Waals surface area contributed by atoms with E-state index in [9.17, 15) is 4.79 Å². The summed E-state index contributed by atoms with van der Waals surface area (Å²) in [5.41, 5.74) is 4.21. The Balaban J connectivity index is 0.00000176. The van der Waals surface area contributed by atoms with Gasteiger partial charge in [0.15, 0.2) is 0 Å². The van der Waals surface area contributed by atoms with Crippen LogP contribution in [0.15, 0.2) is 18.2 Å². The van der Waals surface area contributed by atoms with Crippen LogP contribution in [0.3, 0.4) is 0 Å². The number of benzene rings is 1. The number of likely N-dealkylation sites (N-methyl/N-ethyl adjacent to an activating group) is 1. The van der Waals surface area contributed by atoms with Crippen molar-refractivity contribution in [1.82, 2.24) is 10.2 Å². The van der Waals surface area contributed by atoms with Gasteiger partial charge in [-0.05, 0) is 43.5 Å². The number of carboxylic acid groups (broad SMARTS) is 1. The van der Waals surface area contributed by atoms with E-state index in [1.54, 1.807) is 0 Å². The van der Waals surface area contributed by atoms with Gasteiger partial charge < -0.3 is 20.2 Å². The van der Waals surface area contributed by atoms with Gasteiger partial charge in [-0.15, -0.1) is 0 Å². The Hall–Kier alpha value is -1.09. The Morgan fingerprint density at radius 1 is 1.27 bits per heavy atom. The molecule has 0 bridgehead atoms. The first-order valence-corrected chi connectivity index (χ1v) is 7.70. The molecule has 121 valence electrons. The summed E-state index contributed by atoms with van der Waals surface area (Å²) in [7, 11) is 2.03. The predicted molar refractivity (Wildman–Crippen MR) is 83.1 cm³/mol. The molecule has 1 aromatic rings. The summed E-state index contributed by atoms with van der Waals surface area (Å²) in [6.45, 7) is 2.75. The molecule has 6 heteroatoms. The SMILES string of the molecule is CNC1CCc2cccc(N3CCN(C(=O)O)CC3)c2C1.[Re]. The van der Waals surface area contributed by atoms with Gasteiger partial charge in [0, 0.05) is 58.3 Å². The fraction of sp³-hybridized carbons (Fsp3) is 0.562. The quantitative estimate of drug-likeness (QED) is 0.682. The van der Waals surface area contributed by atoms with Gasteiger partial charge in [-0.1, -0.05) is 12.1 Å². The van der Waals surface area contributed by atoms with E-state index >= 15 is 0 Å². The number of rotatable bonds is 2. The zero-order valence-corrected chi connectivity index (χ0v) is 15.6. The largest absolute Gasteiger partial charge is 0.465 e. The first-order valence-electron chi connectivity index (χ1n) is 7.70. The molecular weight excluding hydrogens is 452 g/mol. The Labute approximate surface area is 145 Å². The molecule has 5 nitrogen and oxygen atoms in total. The number of amides is 1.